The average molecular weight is 404 g/mol. The van der Waals surface area contributed by atoms with E-state index in [0.29, 0.717) is 18.0 Å². The zero-order valence-corrected chi connectivity index (χ0v) is 16.8. The van der Waals surface area contributed by atoms with Crippen molar-refractivity contribution < 1.29 is 18.3 Å². The second-order valence-electron chi connectivity index (χ2n) is 6.39. The van der Waals surface area contributed by atoms with Crippen molar-refractivity contribution in [3.63, 3.8) is 0 Å². The summed E-state index contributed by atoms with van der Waals surface area (Å²) in [5, 5.41) is 4.46. The van der Waals surface area contributed by atoms with Crippen LogP contribution in [0.25, 0.3) is 0 Å². The fourth-order valence-corrected chi connectivity index (χ4v) is 3.49. The van der Waals surface area contributed by atoms with E-state index in [4.69, 9.17) is 9.47 Å². The van der Waals surface area contributed by atoms with Gasteiger partial charge in [0, 0.05) is 17.6 Å². The van der Waals surface area contributed by atoms with Gasteiger partial charge in [0.25, 0.3) is 0 Å². The van der Waals surface area contributed by atoms with Gasteiger partial charge in [-0.1, -0.05) is 12.1 Å². The van der Waals surface area contributed by atoms with Crippen molar-refractivity contribution in [1.82, 2.24) is 10.3 Å². The first kappa shape index (κ1) is 20.2. The van der Waals surface area contributed by atoms with Crippen LogP contribution in [0.1, 0.15) is 34.0 Å². The van der Waals surface area contributed by atoms with E-state index in [2.05, 4.69) is 17.2 Å². The maximum Gasteiger partial charge on any atom is 0.161 e. The molecule has 0 aliphatic heterocycles. The Kier molecular flexibility index (Phi) is 6.59. The fraction of sp³-hybridized carbons (Fsp3) is 0.286. The molecule has 0 bridgehead atoms. The van der Waals surface area contributed by atoms with Crippen LogP contribution in [0.2, 0.25) is 0 Å². The van der Waals surface area contributed by atoms with Crippen LogP contribution < -0.4 is 14.8 Å². The molecule has 3 rings (SSSR count). The van der Waals surface area contributed by atoms with Gasteiger partial charge in [-0.15, -0.1) is 11.3 Å². The van der Waals surface area contributed by atoms with Gasteiger partial charge >= 0.3 is 0 Å². The van der Waals surface area contributed by atoms with Gasteiger partial charge in [0.15, 0.2) is 11.5 Å². The van der Waals surface area contributed by atoms with E-state index in [1.54, 1.807) is 17.4 Å². The van der Waals surface area contributed by atoms with Crippen molar-refractivity contribution in [2.75, 3.05) is 7.11 Å². The first-order valence-electron chi connectivity index (χ1n) is 8.86. The molecule has 0 saturated heterocycles. The van der Waals surface area contributed by atoms with Crippen molar-refractivity contribution in [3.05, 3.63) is 75.2 Å². The minimum atomic E-state index is -0.633. The maximum atomic E-state index is 13.8. The Balaban J connectivity index is 1.65. The minimum Gasteiger partial charge on any atom is -0.493 e. The van der Waals surface area contributed by atoms with E-state index in [0.717, 1.165) is 10.6 Å². The molecule has 2 aromatic carbocycles. The standard InChI is InChI=1S/C21H22F2N2O2S/c1-13-10-25-21(28-13)14(2)24-11-15-7-8-19(20(9-15)26-3)27-12-16-17(22)5-4-6-18(16)23/h4-10,14,24H,11-12H2,1-3H3. The molecule has 1 aromatic heterocycles. The highest BCUT2D eigenvalue weighted by Gasteiger charge is 2.13. The molecule has 0 saturated carbocycles. The second-order valence-corrected chi connectivity index (χ2v) is 7.65. The van der Waals surface area contributed by atoms with Crippen LogP contribution in [0, 0.1) is 18.6 Å². The molecule has 0 aliphatic carbocycles. The maximum absolute atomic E-state index is 13.8. The van der Waals surface area contributed by atoms with Gasteiger partial charge < -0.3 is 14.8 Å². The molecule has 3 aromatic rings. The van der Waals surface area contributed by atoms with E-state index in [1.165, 1.54) is 30.2 Å². The molecule has 0 amide bonds. The quantitative estimate of drug-likeness (QED) is 0.563. The van der Waals surface area contributed by atoms with E-state index in [1.807, 2.05) is 25.3 Å². The molecule has 1 unspecified atom stereocenters. The summed E-state index contributed by atoms with van der Waals surface area (Å²) >= 11 is 1.67. The third-order valence-electron chi connectivity index (χ3n) is 4.28. The van der Waals surface area contributed by atoms with Crippen LogP contribution in [0.15, 0.2) is 42.6 Å². The molecule has 1 heterocycles. The number of aromatic nitrogens is 1. The molecule has 1 N–H and O–H groups in total. The summed E-state index contributed by atoms with van der Waals surface area (Å²) in [5.74, 6) is -0.330. The predicted octanol–water partition coefficient (Wildman–Crippen LogP) is 5.17. The monoisotopic (exact) mass is 404 g/mol. The summed E-state index contributed by atoms with van der Waals surface area (Å²) in [5.41, 5.74) is 0.893. The third kappa shape index (κ3) is 4.85. The Morgan fingerprint density at radius 1 is 1.14 bits per heavy atom. The van der Waals surface area contributed by atoms with E-state index >= 15 is 0 Å². The molecule has 0 aliphatic rings. The Morgan fingerprint density at radius 3 is 2.54 bits per heavy atom. The number of rotatable bonds is 8. The number of hydrogen-bond acceptors (Lipinski definition) is 5. The molecular formula is C21H22F2N2O2S. The number of nitrogens with one attached hydrogen (secondary N) is 1. The highest BCUT2D eigenvalue weighted by atomic mass is 32.1. The summed E-state index contributed by atoms with van der Waals surface area (Å²) in [4.78, 5) is 5.57. The van der Waals surface area contributed by atoms with E-state index in [9.17, 15) is 8.78 Å². The topological polar surface area (TPSA) is 43.4 Å². The minimum absolute atomic E-state index is 0.108. The van der Waals surface area contributed by atoms with Crippen LogP contribution in [0.4, 0.5) is 8.78 Å². The van der Waals surface area contributed by atoms with Gasteiger partial charge in [-0.3, -0.25) is 0 Å². The Labute approximate surface area is 167 Å². The van der Waals surface area contributed by atoms with Crippen molar-refractivity contribution >= 4 is 11.3 Å². The SMILES string of the molecule is COc1cc(CNC(C)c2ncc(C)s2)ccc1OCc1c(F)cccc1F. The van der Waals surface area contributed by atoms with Crippen molar-refractivity contribution in [2.45, 2.75) is 33.0 Å². The van der Waals surface area contributed by atoms with Crippen molar-refractivity contribution in [2.24, 2.45) is 0 Å². The Hall–Kier alpha value is -2.51. The lowest BCUT2D eigenvalue weighted by Gasteiger charge is -2.15. The average Bonchev–Trinajstić information content (AvgIpc) is 3.12. The summed E-state index contributed by atoms with van der Waals surface area (Å²) in [7, 11) is 1.53. The van der Waals surface area contributed by atoms with Gasteiger partial charge in [-0.25, -0.2) is 13.8 Å². The molecule has 148 valence electrons. The highest BCUT2D eigenvalue weighted by Crippen LogP contribution is 2.30. The molecular weight excluding hydrogens is 382 g/mol. The van der Waals surface area contributed by atoms with Gasteiger partial charge in [0.05, 0.1) is 18.7 Å². The lowest BCUT2D eigenvalue weighted by molar-refractivity contribution is 0.274. The largest absolute Gasteiger partial charge is 0.493 e. The molecule has 0 spiro atoms. The number of aryl methyl sites for hydroxylation is 1. The number of nitrogens with zero attached hydrogens (tertiary/aromatic N) is 1. The summed E-state index contributed by atoms with van der Waals surface area (Å²) < 4.78 is 38.5. The number of halogens is 2. The van der Waals surface area contributed by atoms with Gasteiger partial charge in [0.2, 0.25) is 0 Å². The van der Waals surface area contributed by atoms with Crippen LogP contribution in [-0.2, 0) is 13.2 Å². The van der Waals surface area contributed by atoms with Gasteiger partial charge in [-0.05, 0) is 43.7 Å². The number of ether oxygens (including phenoxy) is 2. The predicted molar refractivity (Wildman–Crippen MR) is 106 cm³/mol. The first-order chi connectivity index (χ1) is 13.5. The zero-order valence-electron chi connectivity index (χ0n) is 16.0. The molecule has 0 fully saturated rings. The molecule has 0 radical (unpaired) electrons. The first-order valence-corrected chi connectivity index (χ1v) is 9.68. The van der Waals surface area contributed by atoms with Crippen LogP contribution in [0.3, 0.4) is 0 Å². The van der Waals surface area contributed by atoms with Crippen LogP contribution in [-0.4, -0.2) is 12.1 Å². The lowest BCUT2D eigenvalue weighted by Crippen LogP contribution is -2.17. The Morgan fingerprint density at radius 2 is 1.89 bits per heavy atom. The molecule has 1 atom stereocenters. The lowest BCUT2D eigenvalue weighted by atomic mass is 10.2. The van der Waals surface area contributed by atoms with Crippen molar-refractivity contribution in [1.29, 1.82) is 0 Å². The summed E-state index contributed by atoms with van der Waals surface area (Å²) in [6.45, 7) is 4.51. The summed E-state index contributed by atoms with van der Waals surface area (Å²) in [6, 6.07) is 9.35. The number of thiazole rings is 1. The van der Waals surface area contributed by atoms with Crippen LogP contribution >= 0.6 is 11.3 Å². The fourth-order valence-electron chi connectivity index (χ4n) is 2.69. The number of methoxy groups -OCH3 is 1. The molecule has 7 heteroatoms. The second kappa shape index (κ2) is 9.12. The molecule has 4 nitrogen and oxygen atoms in total. The van der Waals surface area contributed by atoms with Crippen LogP contribution in [0.5, 0.6) is 11.5 Å². The van der Waals surface area contributed by atoms with Gasteiger partial charge in [-0.2, -0.15) is 0 Å². The highest BCUT2D eigenvalue weighted by molar-refractivity contribution is 7.11. The third-order valence-corrected chi connectivity index (χ3v) is 5.38. The number of hydrogen-bond donors (Lipinski definition) is 1. The van der Waals surface area contributed by atoms with E-state index in [-0.39, 0.29) is 18.2 Å². The van der Waals surface area contributed by atoms with E-state index < -0.39 is 11.6 Å². The summed E-state index contributed by atoms with van der Waals surface area (Å²) in [6.07, 6.45) is 1.87. The smallest absolute Gasteiger partial charge is 0.161 e. The molecule has 28 heavy (non-hydrogen) atoms. The Bertz CT molecular complexity index is 926. The zero-order chi connectivity index (χ0) is 20.1. The van der Waals surface area contributed by atoms with Gasteiger partial charge in [0.1, 0.15) is 23.2 Å². The van der Waals surface area contributed by atoms with Crippen molar-refractivity contribution in [3.8, 4) is 11.5 Å². The number of benzene rings is 2. The normalized spacial score (nSPS) is 12.0.